The molecular weight excluding hydrogens is 206 g/mol. The lowest BCUT2D eigenvalue weighted by atomic mass is 9.84. The molecule has 0 atom stereocenters. The largest absolute Gasteiger partial charge is 0.478 e. The average molecular weight is 222 g/mol. The van der Waals surface area contributed by atoms with E-state index in [-0.39, 0.29) is 6.04 Å². The number of halogens is 3. The highest BCUT2D eigenvalue weighted by molar-refractivity contribution is 6.58. The maximum atomic E-state index is 11.9. The van der Waals surface area contributed by atoms with Crippen LogP contribution in [0.3, 0.4) is 0 Å². The molecule has 88 valence electrons. The minimum atomic E-state index is -4.82. The average Bonchev–Trinajstić information content (AvgIpc) is 2.15. The van der Waals surface area contributed by atoms with E-state index in [9.17, 15) is 17.7 Å². The van der Waals surface area contributed by atoms with Gasteiger partial charge in [0.1, 0.15) is 0 Å². The van der Waals surface area contributed by atoms with Crippen molar-refractivity contribution in [2.24, 2.45) is 0 Å². The van der Waals surface area contributed by atoms with E-state index in [0.29, 0.717) is 0 Å². The van der Waals surface area contributed by atoms with Crippen LogP contribution in [0.15, 0.2) is 0 Å². The summed E-state index contributed by atoms with van der Waals surface area (Å²) in [6.45, 7) is -4.82. The fraction of sp³-hybridized carbons (Fsp3) is 0.889. The predicted octanol–water partition coefficient (Wildman–Crippen LogP) is 2.67. The first-order valence-electron chi connectivity index (χ1n) is 5.48. The van der Waals surface area contributed by atoms with Gasteiger partial charge in [0.2, 0.25) is 5.91 Å². The summed E-state index contributed by atoms with van der Waals surface area (Å²) in [5.41, 5.74) is 0. The number of amides is 1. The molecule has 0 aromatic carbocycles. The fourth-order valence-electron chi connectivity index (χ4n) is 1.84. The Labute approximate surface area is 87.7 Å². The lowest BCUT2D eigenvalue weighted by Gasteiger charge is -2.23. The molecule has 6 heteroatoms. The summed E-state index contributed by atoms with van der Waals surface area (Å²) in [6.07, 6.45) is 3.73. The summed E-state index contributed by atoms with van der Waals surface area (Å²) in [7, 11) is 0. The van der Waals surface area contributed by atoms with Crippen LogP contribution < -0.4 is 5.32 Å². The van der Waals surface area contributed by atoms with Crippen molar-refractivity contribution in [3.8, 4) is 0 Å². The van der Waals surface area contributed by atoms with Crippen LogP contribution in [0, 0.1) is 0 Å². The topological polar surface area (TPSA) is 29.1 Å². The van der Waals surface area contributed by atoms with E-state index in [4.69, 9.17) is 0 Å². The van der Waals surface area contributed by atoms with Crippen molar-refractivity contribution in [1.82, 2.24) is 5.32 Å². The third-order valence-corrected chi connectivity index (χ3v) is 2.67. The van der Waals surface area contributed by atoms with Gasteiger partial charge in [0.15, 0.2) is 0 Å². The molecule has 0 aliphatic heterocycles. The van der Waals surface area contributed by atoms with Gasteiger partial charge in [-0.15, -0.1) is 0 Å². The predicted molar refractivity (Wildman–Crippen MR) is 53.5 cm³/mol. The second-order valence-electron chi connectivity index (χ2n) is 4.15. The quantitative estimate of drug-likeness (QED) is 0.728. The highest BCUT2D eigenvalue weighted by atomic mass is 19.4. The number of hydrogen-bond acceptors (Lipinski definition) is 1. The van der Waals surface area contributed by atoms with Crippen LogP contribution in [0.5, 0.6) is 0 Å². The van der Waals surface area contributed by atoms with Crippen molar-refractivity contribution >= 4 is 12.9 Å². The standard InChI is InChI=1S/C9H16BF3NO/c11-10(12,13)7-6-9(15)14-8-4-2-1-3-5-8/h8H,1-7H2,(H,14,15)/q-1. The molecule has 1 rings (SSSR count). The van der Waals surface area contributed by atoms with E-state index in [0.717, 1.165) is 32.1 Å². The molecule has 0 spiro atoms. The van der Waals surface area contributed by atoms with Crippen molar-refractivity contribution in [3.63, 3.8) is 0 Å². The van der Waals surface area contributed by atoms with Crippen LogP contribution in [0.2, 0.25) is 6.32 Å². The van der Waals surface area contributed by atoms with Crippen molar-refractivity contribution in [2.45, 2.75) is 50.9 Å². The van der Waals surface area contributed by atoms with Gasteiger partial charge in [-0.2, -0.15) is 0 Å². The Bertz CT molecular complexity index is 214. The monoisotopic (exact) mass is 222 g/mol. The molecule has 0 heterocycles. The van der Waals surface area contributed by atoms with Gasteiger partial charge in [0, 0.05) is 12.5 Å². The molecule has 1 aliphatic rings. The summed E-state index contributed by atoms with van der Waals surface area (Å²) in [5.74, 6) is -0.457. The number of carbonyl (C=O) groups is 1. The van der Waals surface area contributed by atoms with Gasteiger partial charge in [-0.1, -0.05) is 25.6 Å². The van der Waals surface area contributed by atoms with Gasteiger partial charge < -0.3 is 18.3 Å². The van der Waals surface area contributed by atoms with E-state index in [1.807, 2.05) is 0 Å². The Morgan fingerprint density at radius 2 is 1.80 bits per heavy atom. The van der Waals surface area contributed by atoms with E-state index in [1.54, 1.807) is 0 Å². The maximum absolute atomic E-state index is 11.9. The van der Waals surface area contributed by atoms with E-state index in [1.165, 1.54) is 0 Å². The second kappa shape index (κ2) is 5.42. The minimum Gasteiger partial charge on any atom is -0.449 e. The summed E-state index contributed by atoms with van der Waals surface area (Å²) in [4.78, 5) is 11.2. The van der Waals surface area contributed by atoms with Crippen LogP contribution in [0.4, 0.5) is 12.9 Å². The van der Waals surface area contributed by atoms with Crippen LogP contribution >= 0.6 is 0 Å². The number of nitrogens with one attached hydrogen (secondary N) is 1. The van der Waals surface area contributed by atoms with Gasteiger partial charge in [0.25, 0.3) is 0 Å². The smallest absolute Gasteiger partial charge is 0.449 e. The lowest BCUT2D eigenvalue weighted by Crippen LogP contribution is -2.36. The van der Waals surface area contributed by atoms with Crippen molar-refractivity contribution in [1.29, 1.82) is 0 Å². The molecule has 2 nitrogen and oxygen atoms in total. The Morgan fingerprint density at radius 3 is 2.33 bits per heavy atom. The SMILES string of the molecule is O=C(CC[B-](F)(F)F)NC1CCCCC1. The van der Waals surface area contributed by atoms with Crippen LogP contribution in [0.25, 0.3) is 0 Å². The minimum absolute atomic E-state index is 0.104. The first-order chi connectivity index (χ1) is 6.97. The van der Waals surface area contributed by atoms with Crippen molar-refractivity contribution in [3.05, 3.63) is 0 Å². The summed E-state index contributed by atoms with van der Waals surface area (Å²) < 4.78 is 35.6. The molecule has 1 aliphatic carbocycles. The zero-order chi connectivity index (χ0) is 11.3. The number of hydrogen-bond donors (Lipinski definition) is 1. The van der Waals surface area contributed by atoms with Crippen LogP contribution in [0.1, 0.15) is 38.5 Å². The Hall–Kier alpha value is -0.675. The van der Waals surface area contributed by atoms with E-state index in [2.05, 4.69) is 5.32 Å². The van der Waals surface area contributed by atoms with Gasteiger partial charge in [-0.3, -0.25) is 4.79 Å². The van der Waals surface area contributed by atoms with Gasteiger partial charge in [-0.25, -0.2) is 0 Å². The van der Waals surface area contributed by atoms with Crippen LogP contribution in [-0.4, -0.2) is 18.9 Å². The van der Waals surface area contributed by atoms with Gasteiger partial charge in [-0.05, 0) is 12.8 Å². The van der Waals surface area contributed by atoms with E-state index >= 15 is 0 Å². The molecule has 1 saturated carbocycles. The molecule has 15 heavy (non-hydrogen) atoms. The summed E-state index contributed by atoms with van der Waals surface area (Å²) in [6, 6.07) is 0.104. The molecule has 1 amide bonds. The van der Waals surface area contributed by atoms with Gasteiger partial charge >= 0.3 is 6.98 Å². The van der Waals surface area contributed by atoms with Gasteiger partial charge in [0.05, 0.1) is 0 Å². The third kappa shape index (κ3) is 5.69. The zero-order valence-electron chi connectivity index (χ0n) is 8.65. The van der Waals surface area contributed by atoms with E-state index < -0.39 is 25.6 Å². The van der Waals surface area contributed by atoms with Crippen LogP contribution in [-0.2, 0) is 4.79 Å². The Balaban J connectivity index is 2.17. The molecular formula is C9H16BF3NO-. The number of carbonyl (C=O) groups excluding carboxylic acids is 1. The maximum Gasteiger partial charge on any atom is 0.478 e. The third-order valence-electron chi connectivity index (χ3n) is 2.67. The van der Waals surface area contributed by atoms with Crippen molar-refractivity contribution in [2.75, 3.05) is 0 Å². The Morgan fingerprint density at radius 1 is 1.20 bits per heavy atom. The highest BCUT2D eigenvalue weighted by Crippen LogP contribution is 2.19. The fourth-order valence-corrected chi connectivity index (χ4v) is 1.84. The summed E-state index contributed by atoms with van der Waals surface area (Å²) >= 11 is 0. The normalized spacial score (nSPS) is 18.9. The molecule has 1 N–H and O–H groups in total. The molecule has 0 radical (unpaired) electrons. The highest BCUT2D eigenvalue weighted by Gasteiger charge is 2.24. The molecule has 0 bridgehead atoms. The lowest BCUT2D eigenvalue weighted by molar-refractivity contribution is -0.121. The summed E-state index contributed by atoms with van der Waals surface area (Å²) in [5, 5.41) is 2.66. The molecule has 0 aromatic heterocycles. The first kappa shape index (κ1) is 12.4. The molecule has 1 fully saturated rings. The first-order valence-corrected chi connectivity index (χ1v) is 5.48. The molecule has 0 saturated heterocycles. The second-order valence-corrected chi connectivity index (χ2v) is 4.15. The zero-order valence-corrected chi connectivity index (χ0v) is 8.65. The molecule has 0 aromatic rings. The molecule has 0 unspecified atom stereocenters. The number of rotatable bonds is 4. The Kier molecular flexibility index (Phi) is 4.48. The van der Waals surface area contributed by atoms with Crippen molar-refractivity contribution < 1.29 is 17.7 Å².